The Morgan fingerprint density at radius 3 is 2.71 bits per heavy atom. The van der Waals surface area contributed by atoms with Crippen LogP contribution in [0, 0.1) is 0 Å². The molecule has 0 heterocycles. The zero-order chi connectivity index (χ0) is 10.1. The SMILES string of the molecule is Clc1ccc(Br)cc1OC1CC(Cl)C1. The standard InChI is InChI=1S/C10H9BrCl2O/c11-6-1-2-9(13)10(3-6)14-8-4-7(12)5-8/h1-3,7-8H,4-5H2. The van der Waals surface area contributed by atoms with E-state index in [-0.39, 0.29) is 11.5 Å². The van der Waals surface area contributed by atoms with E-state index in [1.54, 1.807) is 0 Å². The fourth-order valence-corrected chi connectivity index (χ4v) is 2.24. The van der Waals surface area contributed by atoms with Crippen LogP contribution in [0.25, 0.3) is 0 Å². The molecule has 2 rings (SSSR count). The molecule has 0 saturated heterocycles. The van der Waals surface area contributed by atoms with E-state index >= 15 is 0 Å². The lowest BCUT2D eigenvalue weighted by Gasteiger charge is -2.31. The molecule has 76 valence electrons. The van der Waals surface area contributed by atoms with Crippen LogP contribution in [0.5, 0.6) is 5.75 Å². The third-order valence-electron chi connectivity index (χ3n) is 2.22. The predicted octanol–water partition coefficient (Wildman–Crippen LogP) is 4.25. The van der Waals surface area contributed by atoms with Crippen LogP contribution in [0.4, 0.5) is 0 Å². The first-order valence-electron chi connectivity index (χ1n) is 4.41. The van der Waals surface area contributed by atoms with Gasteiger partial charge in [0.25, 0.3) is 0 Å². The summed E-state index contributed by atoms with van der Waals surface area (Å²) in [4.78, 5) is 0. The molecule has 14 heavy (non-hydrogen) atoms. The maximum absolute atomic E-state index is 5.98. The second-order valence-corrected chi connectivity index (χ2v) is 5.32. The Morgan fingerprint density at radius 2 is 2.07 bits per heavy atom. The molecule has 1 aromatic carbocycles. The molecule has 0 N–H and O–H groups in total. The molecular formula is C10H9BrCl2O. The molecule has 1 saturated carbocycles. The highest BCUT2D eigenvalue weighted by Crippen LogP contribution is 2.34. The third-order valence-corrected chi connectivity index (χ3v) is 3.39. The number of hydrogen-bond acceptors (Lipinski definition) is 1. The van der Waals surface area contributed by atoms with Gasteiger partial charge in [0.05, 0.1) is 5.02 Å². The van der Waals surface area contributed by atoms with Gasteiger partial charge in [-0.2, -0.15) is 0 Å². The van der Waals surface area contributed by atoms with Crippen molar-refractivity contribution in [3.05, 3.63) is 27.7 Å². The van der Waals surface area contributed by atoms with Crippen LogP contribution >= 0.6 is 39.1 Å². The van der Waals surface area contributed by atoms with Crippen LogP contribution in [0.1, 0.15) is 12.8 Å². The number of alkyl halides is 1. The van der Waals surface area contributed by atoms with Crippen molar-refractivity contribution in [3.8, 4) is 5.75 Å². The van der Waals surface area contributed by atoms with E-state index in [2.05, 4.69) is 15.9 Å². The van der Waals surface area contributed by atoms with E-state index in [4.69, 9.17) is 27.9 Å². The summed E-state index contributed by atoms with van der Waals surface area (Å²) < 4.78 is 6.66. The fraction of sp³-hybridized carbons (Fsp3) is 0.400. The van der Waals surface area contributed by atoms with Gasteiger partial charge < -0.3 is 4.74 Å². The van der Waals surface area contributed by atoms with E-state index in [0.29, 0.717) is 5.02 Å². The number of rotatable bonds is 2. The lowest BCUT2D eigenvalue weighted by molar-refractivity contribution is 0.124. The normalized spacial score (nSPS) is 25.6. The molecule has 1 fully saturated rings. The van der Waals surface area contributed by atoms with Crippen LogP contribution in [0.2, 0.25) is 5.02 Å². The van der Waals surface area contributed by atoms with E-state index in [9.17, 15) is 0 Å². The Kier molecular flexibility index (Phi) is 3.25. The smallest absolute Gasteiger partial charge is 0.139 e. The monoisotopic (exact) mass is 294 g/mol. The summed E-state index contributed by atoms with van der Waals surface area (Å²) in [6.45, 7) is 0. The average Bonchev–Trinajstić information content (AvgIpc) is 2.09. The van der Waals surface area contributed by atoms with Gasteiger partial charge in [-0.25, -0.2) is 0 Å². The van der Waals surface area contributed by atoms with Gasteiger partial charge in [0.2, 0.25) is 0 Å². The molecule has 0 spiro atoms. The first kappa shape index (κ1) is 10.6. The summed E-state index contributed by atoms with van der Waals surface area (Å²) in [6, 6.07) is 5.59. The molecular weight excluding hydrogens is 287 g/mol. The molecule has 4 heteroatoms. The topological polar surface area (TPSA) is 9.23 Å². The molecule has 0 atom stereocenters. The van der Waals surface area contributed by atoms with Gasteiger partial charge in [0.15, 0.2) is 0 Å². The van der Waals surface area contributed by atoms with E-state index < -0.39 is 0 Å². The van der Waals surface area contributed by atoms with Crippen LogP contribution < -0.4 is 4.74 Å². The molecule has 0 radical (unpaired) electrons. The van der Waals surface area contributed by atoms with Crippen molar-refractivity contribution in [3.63, 3.8) is 0 Å². The Labute approximate surface area is 101 Å². The largest absolute Gasteiger partial charge is 0.489 e. The number of hydrogen-bond donors (Lipinski definition) is 0. The summed E-state index contributed by atoms with van der Waals surface area (Å²) in [5.41, 5.74) is 0. The molecule has 1 nitrogen and oxygen atoms in total. The van der Waals surface area contributed by atoms with Gasteiger partial charge >= 0.3 is 0 Å². The Bertz CT molecular complexity index is 337. The summed E-state index contributed by atoms with van der Waals surface area (Å²) in [5.74, 6) is 0.731. The molecule has 0 aliphatic heterocycles. The molecule has 0 unspecified atom stereocenters. The lowest BCUT2D eigenvalue weighted by Crippen LogP contribution is -2.34. The van der Waals surface area contributed by atoms with Crippen LogP contribution in [0.3, 0.4) is 0 Å². The first-order chi connectivity index (χ1) is 6.65. The third kappa shape index (κ3) is 2.36. The Balaban J connectivity index is 2.05. The zero-order valence-corrected chi connectivity index (χ0v) is 10.4. The summed E-state index contributed by atoms with van der Waals surface area (Å²) in [5, 5.41) is 0.914. The van der Waals surface area contributed by atoms with Crippen molar-refractivity contribution in [2.75, 3.05) is 0 Å². The summed E-state index contributed by atoms with van der Waals surface area (Å²) >= 11 is 15.2. The second kappa shape index (κ2) is 4.30. The summed E-state index contributed by atoms with van der Waals surface area (Å²) in [6.07, 6.45) is 2.04. The van der Waals surface area contributed by atoms with Gasteiger partial charge in [-0.15, -0.1) is 11.6 Å². The van der Waals surface area contributed by atoms with Gasteiger partial charge in [-0.1, -0.05) is 27.5 Å². The van der Waals surface area contributed by atoms with Crippen molar-refractivity contribution in [2.45, 2.75) is 24.3 Å². The van der Waals surface area contributed by atoms with Gasteiger partial charge in [0, 0.05) is 22.7 Å². The Morgan fingerprint density at radius 1 is 1.36 bits per heavy atom. The highest BCUT2D eigenvalue weighted by atomic mass is 79.9. The molecule has 0 aromatic heterocycles. The highest BCUT2D eigenvalue weighted by Gasteiger charge is 2.29. The van der Waals surface area contributed by atoms with Crippen molar-refractivity contribution >= 4 is 39.1 Å². The van der Waals surface area contributed by atoms with Crippen molar-refractivity contribution in [1.29, 1.82) is 0 Å². The Hall–Kier alpha value is 0.0800. The van der Waals surface area contributed by atoms with Gasteiger partial charge in [-0.3, -0.25) is 0 Å². The van der Waals surface area contributed by atoms with Crippen LogP contribution in [0.15, 0.2) is 22.7 Å². The van der Waals surface area contributed by atoms with Crippen LogP contribution in [-0.4, -0.2) is 11.5 Å². The zero-order valence-electron chi connectivity index (χ0n) is 7.34. The average molecular weight is 296 g/mol. The second-order valence-electron chi connectivity index (χ2n) is 3.38. The van der Waals surface area contributed by atoms with E-state index in [1.807, 2.05) is 18.2 Å². The van der Waals surface area contributed by atoms with Crippen molar-refractivity contribution < 1.29 is 4.74 Å². The molecule has 0 amide bonds. The maximum atomic E-state index is 5.98. The fourth-order valence-electron chi connectivity index (χ4n) is 1.34. The number of benzene rings is 1. The molecule has 1 aliphatic carbocycles. The minimum atomic E-state index is 0.226. The molecule has 0 bridgehead atoms. The van der Waals surface area contributed by atoms with Crippen LogP contribution in [-0.2, 0) is 0 Å². The quantitative estimate of drug-likeness (QED) is 0.741. The van der Waals surface area contributed by atoms with Gasteiger partial charge in [0.1, 0.15) is 11.9 Å². The maximum Gasteiger partial charge on any atom is 0.139 e. The predicted molar refractivity (Wildman–Crippen MR) is 62.4 cm³/mol. The lowest BCUT2D eigenvalue weighted by atomic mass is 9.95. The molecule has 1 aromatic rings. The minimum absolute atomic E-state index is 0.226. The minimum Gasteiger partial charge on any atom is -0.489 e. The summed E-state index contributed by atoms with van der Waals surface area (Å²) in [7, 11) is 0. The van der Waals surface area contributed by atoms with E-state index in [1.165, 1.54) is 0 Å². The number of ether oxygens (including phenoxy) is 1. The first-order valence-corrected chi connectivity index (χ1v) is 6.01. The molecule has 1 aliphatic rings. The van der Waals surface area contributed by atoms with Crippen molar-refractivity contribution in [2.24, 2.45) is 0 Å². The van der Waals surface area contributed by atoms with Crippen molar-refractivity contribution in [1.82, 2.24) is 0 Å². The number of halogens is 3. The highest BCUT2D eigenvalue weighted by molar-refractivity contribution is 9.10. The van der Waals surface area contributed by atoms with Gasteiger partial charge in [-0.05, 0) is 18.2 Å². The van der Waals surface area contributed by atoms with E-state index in [0.717, 1.165) is 23.1 Å².